The highest BCUT2D eigenvalue weighted by Gasteiger charge is 2.23. The molecule has 28 heavy (non-hydrogen) atoms. The molecule has 2 aromatic rings. The lowest BCUT2D eigenvalue weighted by Gasteiger charge is -2.06. The minimum atomic E-state index is -3.65. The highest BCUT2D eigenvalue weighted by atomic mass is 32.2. The van der Waals surface area contributed by atoms with Crippen LogP contribution in [0.15, 0.2) is 4.42 Å². The summed E-state index contributed by atoms with van der Waals surface area (Å²) in [7, 11) is -3.65. The first kappa shape index (κ1) is 22.4. The molecule has 0 aromatic carbocycles. The van der Waals surface area contributed by atoms with Gasteiger partial charge in [0, 0.05) is 5.56 Å². The van der Waals surface area contributed by atoms with Gasteiger partial charge in [-0.15, -0.1) is 17.8 Å². The first-order valence-corrected chi connectivity index (χ1v) is 12.2. The zero-order valence-corrected chi connectivity index (χ0v) is 18.2. The number of fused-ring (bicyclic) bond motifs is 1. The molecule has 2 aromatic heterocycles. The van der Waals surface area contributed by atoms with Gasteiger partial charge in [0.25, 0.3) is 5.91 Å². The number of thiophene rings is 1. The van der Waals surface area contributed by atoms with Gasteiger partial charge in [0.05, 0.1) is 12.2 Å². The van der Waals surface area contributed by atoms with Gasteiger partial charge in [-0.25, -0.2) is 18.1 Å². The van der Waals surface area contributed by atoms with Gasteiger partial charge in [-0.05, 0) is 13.3 Å². The lowest BCUT2D eigenvalue weighted by atomic mass is 10.1. The number of carbonyl (C=O) groups is 1. The van der Waals surface area contributed by atoms with E-state index in [1.54, 1.807) is 6.92 Å². The minimum Gasteiger partial charge on any atom is -0.438 e. The molecule has 0 radical (unpaired) electrons. The van der Waals surface area contributed by atoms with E-state index in [2.05, 4.69) is 22.6 Å². The fraction of sp³-hybridized carbons (Fsp3) is 0.600. The molecule has 0 bridgehead atoms. The molecule has 6 nitrogen and oxygen atoms in total. The molecule has 0 spiro atoms. The first-order valence-electron chi connectivity index (χ1n) is 9.75. The Morgan fingerprint density at radius 1 is 1.18 bits per heavy atom. The van der Waals surface area contributed by atoms with Crippen molar-refractivity contribution in [1.29, 1.82) is 0 Å². The number of nitrogens with zero attached hydrogens (tertiary/aromatic N) is 1. The van der Waals surface area contributed by atoms with E-state index in [0.29, 0.717) is 33.2 Å². The number of oxazole rings is 1. The fourth-order valence-corrected chi connectivity index (χ4v) is 5.13. The van der Waals surface area contributed by atoms with E-state index in [1.807, 2.05) is 0 Å². The molecule has 0 atom stereocenters. The molecule has 0 unspecified atom stereocenters. The molecule has 0 fully saturated rings. The van der Waals surface area contributed by atoms with Gasteiger partial charge in [0.2, 0.25) is 15.9 Å². The number of sulfonamides is 1. The van der Waals surface area contributed by atoms with Crippen molar-refractivity contribution in [2.75, 3.05) is 5.75 Å². The van der Waals surface area contributed by atoms with Crippen LogP contribution in [0.25, 0.3) is 10.4 Å². The van der Waals surface area contributed by atoms with Crippen LogP contribution in [0.2, 0.25) is 0 Å². The Balaban J connectivity index is 1.84. The van der Waals surface area contributed by atoms with Crippen LogP contribution >= 0.6 is 11.3 Å². The lowest BCUT2D eigenvalue weighted by Crippen LogP contribution is -2.32. The number of hydrogen-bond donors (Lipinski definition) is 1. The second kappa shape index (κ2) is 10.6. The average Bonchev–Trinajstić information content (AvgIpc) is 3.16. The quantitative estimate of drug-likeness (QED) is 0.398. The molecule has 1 N–H and O–H groups in total. The second-order valence-corrected chi connectivity index (χ2v) is 9.74. The van der Waals surface area contributed by atoms with E-state index >= 15 is 0 Å². The van der Waals surface area contributed by atoms with Crippen LogP contribution in [-0.2, 0) is 16.4 Å². The molecule has 154 valence electrons. The molecule has 8 heteroatoms. The summed E-state index contributed by atoms with van der Waals surface area (Å²) in [5.41, 5.74) is 1.07. The van der Waals surface area contributed by atoms with Gasteiger partial charge in [0.15, 0.2) is 10.4 Å². The number of unbranched alkanes of at least 4 members (excludes halogenated alkanes) is 7. The summed E-state index contributed by atoms with van der Waals surface area (Å²) in [4.78, 5) is 17.5. The van der Waals surface area contributed by atoms with Gasteiger partial charge in [-0.1, -0.05) is 57.8 Å². The van der Waals surface area contributed by atoms with E-state index in [4.69, 9.17) is 10.8 Å². The van der Waals surface area contributed by atoms with Crippen LogP contribution in [0.1, 0.15) is 79.4 Å². The van der Waals surface area contributed by atoms with Crippen molar-refractivity contribution in [3.8, 4) is 12.3 Å². The number of rotatable bonds is 12. The summed E-state index contributed by atoms with van der Waals surface area (Å²) in [6.07, 6.45) is 14.0. The fourth-order valence-electron chi connectivity index (χ4n) is 2.97. The molecular formula is C20H28N2O4S2. The Morgan fingerprint density at radius 3 is 2.43 bits per heavy atom. The number of carbonyl (C=O) groups excluding carboxylic acids is 1. The monoisotopic (exact) mass is 424 g/mol. The van der Waals surface area contributed by atoms with Gasteiger partial charge >= 0.3 is 0 Å². The smallest absolute Gasteiger partial charge is 0.275 e. The van der Waals surface area contributed by atoms with Crippen LogP contribution in [0.3, 0.4) is 0 Å². The van der Waals surface area contributed by atoms with E-state index in [0.717, 1.165) is 30.6 Å². The summed E-state index contributed by atoms with van der Waals surface area (Å²) >= 11 is 1.11. The van der Waals surface area contributed by atoms with Crippen molar-refractivity contribution >= 4 is 37.7 Å². The highest BCUT2D eigenvalue weighted by Crippen LogP contribution is 2.31. The second-order valence-electron chi connectivity index (χ2n) is 6.90. The van der Waals surface area contributed by atoms with Crippen LogP contribution in [0.5, 0.6) is 0 Å². The summed E-state index contributed by atoms with van der Waals surface area (Å²) in [6.45, 7) is 3.89. The van der Waals surface area contributed by atoms with Crippen molar-refractivity contribution in [1.82, 2.24) is 9.71 Å². The molecule has 0 aliphatic heterocycles. The number of amides is 1. The third-order valence-electron chi connectivity index (χ3n) is 4.49. The Labute approximate surface area is 171 Å². The Hall–Kier alpha value is -1.85. The Morgan fingerprint density at radius 2 is 1.82 bits per heavy atom. The number of aromatic nitrogens is 1. The lowest BCUT2D eigenvalue weighted by molar-refractivity contribution is 0.0984. The van der Waals surface area contributed by atoms with Gasteiger partial charge in [0.1, 0.15) is 4.88 Å². The molecular weight excluding hydrogens is 396 g/mol. The van der Waals surface area contributed by atoms with Gasteiger partial charge in [-0.2, -0.15) is 0 Å². The standard InChI is InChI=1S/C20H28N2O4S2/c1-4-6-7-8-9-10-11-12-14-28(24,25)22-19(23)18-15(3)17-20(27-18)21-16(26-17)13-5-2/h2H,4,6-14H2,1,3H3,(H,22,23). The molecule has 2 heterocycles. The molecule has 0 aliphatic rings. The van der Waals surface area contributed by atoms with Crippen LogP contribution in [0.4, 0.5) is 0 Å². The summed E-state index contributed by atoms with van der Waals surface area (Å²) in [5.74, 6) is 2.20. The number of aryl methyl sites for hydroxylation is 1. The normalized spacial score (nSPS) is 11.6. The zero-order valence-electron chi connectivity index (χ0n) is 16.5. The topological polar surface area (TPSA) is 89.3 Å². The molecule has 0 saturated carbocycles. The average molecular weight is 425 g/mol. The predicted molar refractivity (Wildman–Crippen MR) is 113 cm³/mol. The summed E-state index contributed by atoms with van der Waals surface area (Å²) in [6, 6.07) is 0. The summed E-state index contributed by atoms with van der Waals surface area (Å²) < 4.78 is 32.1. The van der Waals surface area contributed by atoms with Crippen molar-refractivity contribution in [3.05, 3.63) is 16.3 Å². The predicted octanol–water partition coefficient (Wildman–Crippen LogP) is 4.57. The van der Waals surface area contributed by atoms with Crippen LogP contribution in [-0.4, -0.2) is 25.1 Å². The van der Waals surface area contributed by atoms with E-state index in [9.17, 15) is 13.2 Å². The third-order valence-corrected chi connectivity index (χ3v) is 6.98. The number of hydrogen-bond acceptors (Lipinski definition) is 6. The largest absolute Gasteiger partial charge is 0.438 e. The van der Waals surface area contributed by atoms with E-state index in [-0.39, 0.29) is 12.2 Å². The molecule has 1 amide bonds. The molecule has 0 saturated heterocycles. The van der Waals surface area contributed by atoms with Crippen LogP contribution in [0, 0.1) is 19.3 Å². The van der Waals surface area contributed by atoms with Gasteiger partial charge < -0.3 is 4.42 Å². The van der Waals surface area contributed by atoms with E-state index < -0.39 is 15.9 Å². The Kier molecular flexibility index (Phi) is 8.52. The maximum absolute atomic E-state index is 12.4. The zero-order chi connectivity index (χ0) is 20.6. The number of terminal acetylenes is 1. The van der Waals surface area contributed by atoms with Crippen molar-refractivity contribution in [2.24, 2.45) is 0 Å². The van der Waals surface area contributed by atoms with Gasteiger partial charge in [-0.3, -0.25) is 4.79 Å². The van der Waals surface area contributed by atoms with E-state index in [1.165, 1.54) is 25.7 Å². The molecule has 2 rings (SSSR count). The maximum Gasteiger partial charge on any atom is 0.275 e. The van der Waals surface area contributed by atoms with Crippen molar-refractivity contribution in [2.45, 2.75) is 71.6 Å². The molecule has 0 aliphatic carbocycles. The SMILES string of the molecule is C#CCc1nc2sc(C(=O)NS(=O)(=O)CCCCCCCCCC)c(C)c2o1. The van der Waals surface area contributed by atoms with Crippen molar-refractivity contribution in [3.63, 3.8) is 0 Å². The Bertz CT molecular complexity index is 935. The first-order chi connectivity index (χ1) is 13.4. The van der Waals surface area contributed by atoms with Crippen LogP contribution < -0.4 is 4.72 Å². The van der Waals surface area contributed by atoms with Crippen molar-refractivity contribution < 1.29 is 17.6 Å². The highest BCUT2D eigenvalue weighted by molar-refractivity contribution is 7.90. The maximum atomic E-state index is 12.4. The summed E-state index contributed by atoms with van der Waals surface area (Å²) in [5, 5.41) is 0. The third kappa shape index (κ3) is 6.35. The minimum absolute atomic E-state index is 0.0428. The number of nitrogens with one attached hydrogen (secondary N) is 1.